The van der Waals surface area contributed by atoms with E-state index in [1.807, 2.05) is 6.92 Å². The van der Waals surface area contributed by atoms with Gasteiger partial charge in [-0.05, 0) is 31.0 Å². The topological polar surface area (TPSA) is 78.1 Å². The SMILES string of the molecule is COC(=O)c1nc(-c2cc(C)cc(C)c2F)nc(N)c1Cl. The van der Waals surface area contributed by atoms with E-state index in [1.54, 1.807) is 19.1 Å². The maximum absolute atomic E-state index is 14.2. The van der Waals surface area contributed by atoms with Crippen LogP contribution < -0.4 is 5.73 Å². The number of nitrogens with zero attached hydrogens (tertiary/aromatic N) is 2. The van der Waals surface area contributed by atoms with Crippen LogP contribution in [-0.2, 0) is 4.74 Å². The van der Waals surface area contributed by atoms with Crippen molar-refractivity contribution in [2.75, 3.05) is 12.8 Å². The molecule has 0 spiro atoms. The van der Waals surface area contributed by atoms with Crippen molar-refractivity contribution in [1.82, 2.24) is 9.97 Å². The van der Waals surface area contributed by atoms with Gasteiger partial charge in [0.1, 0.15) is 16.7 Å². The molecule has 0 aliphatic rings. The van der Waals surface area contributed by atoms with Gasteiger partial charge in [0.15, 0.2) is 11.5 Å². The van der Waals surface area contributed by atoms with Gasteiger partial charge in [-0.1, -0.05) is 17.7 Å². The Morgan fingerprint density at radius 2 is 2.00 bits per heavy atom. The molecule has 2 N–H and O–H groups in total. The molecule has 0 aliphatic carbocycles. The molecule has 5 nitrogen and oxygen atoms in total. The van der Waals surface area contributed by atoms with Crippen molar-refractivity contribution < 1.29 is 13.9 Å². The van der Waals surface area contributed by atoms with E-state index in [9.17, 15) is 9.18 Å². The number of carbonyl (C=O) groups excluding carboxylic acids is 1. The average Bonchev–Trinajstić information content (AvgIpc) is 2.44. The minimum atomic E-state index is -0.764. The minimum absolute atomic E-state index is 0.0124. The second-order valence-corrected chi connectivity index (χ2v) is 4.91. The van der Waals surface area contributed by atoms with Crippen molar-refractivity contribution in [3.8, 4) is 11.4 Å². The lowest BCUT2D eigenvalue weighted by molar-refractivity contribution is 0.0594. The molecule has 1 aromatic carbocycles. The lowest BCUT2D eigenvalue weighted by Gasteiger charge is -2.10. The van der Waals surface area contributed by atoms with Crippen LogP contribution in [0.1, 0.15) is 21.6 Å². The summed E-state index contributed by atoms with van der Waals surface area (Å²) < 4.78 is 18.8. The van der Waals surface area contributed by atoms with Gasteiger partial charge in [0.2, 0.25) is 0 Å². The molecule has 0 unspecified atom stereocenters. The third kappa shape index (κ3) is 2.80. The average molecular weight is 310 g/mol. The van der Waals surface area contributed by atoms with Crippen LogP contribution in [0.4, 0.5) is 10.2 Å². The number of halogens is 2. The maximum atomic E-state index is 14.2. The molecule has 1 aromatic heterocycles. The molecule has 2 rings (SSSR count). The smallest absolute Gasteiger partial charge is 0.358 e. The van der Waals surface area contributed by atoms with Gasteiger partial charge < -0.3 is 10.5 Å². The largest absolute Gasteiger partial charge is 0.464 e. The van der Waals surface area contributed by atoms with Crippen molar-refractivity contribution in [3.05, 3.63) is 39.8 Å². The predicted molar refractivity (Wildman–Crippen MR) is 77.7 cm³/mol. The van der Waals surface area contributed by atoms with Crippen molar-refractivity contribution in [2.24, 2.45) is 0 Å². The Hall–Kier alpha value is -2.21. The Balaban J connectivity index is 2.71. The van der Waals surface area contributed by atoms with E-state index in [0.717, 1.165) is 5.56 Å². The molecule has 21 heavy (non-hydrogen) atoms. The monoisotopic (exact) mass is 309 g/mol. The summed E-state index contributed by atoms with van der Waals surface area (Å²) in [7, 11) is 1.19. The number of nitrogen functional groups attached to an aromatic ring is 1. The van der Waals surface area contributed by atoms with Crippen LogP contribution in [0.2, 0.25) is 5.02 Å². The summed E-state index contributed by atoms with van der Waals surface area (Å²) in [6.45, 7) is 3.45. The molecule has 0 radical (unpaired) electrons. The predicted octanol–water partition coefficient (Wildman–Crippen LogP) is 2.92. The third-order valence-electron chi connectivity index (χ3n) is 2.90. The van der Waals surface area contributed by atoms with Gasteiger partial charge in [-0.3, -0.25) is 0 Å². The fraction of sp³-hybridized carbons (Fsp3) is 0.214. The lowest BCUT2D eigenvalue weighted by atomic mass is 10.1. The number of methoxy groups -OCH3 is 1. The Morgan fingerprint density at radius 1 is 1.33 bits per heavy atom. The summed E-state index contributed by atoms with van der Waals surface area (Å²) in [5, 5.41) is -0.115. The highest BCUT2D eigenvalue weighted by molar-refractivity contribution is 6.35. The van der Waals surface area contributed by atoms with Crippen molar-refractivity contribution in [1.29, 1.82) is 0 Å². The van der Waals surface area contributed by atoms with Gasteiger partial charge in [-0.2, -0.15) is 0 Å². The van der Waals surface area contributed by atoms with Crippen molar-refractivity contribution >= 4 is 23.4 Å². The first-order chi connectivity index (χ1) is 9.85. The Labute approximate surface area is 125 Å². The van der Waals surface area contributed by atoms with Gasteiger partial charge in [0.05, 0.1) is 12.7 Å². The molecular weight excluding hydrogens is 297 g/mol. The van der Waals surface area contributed by atoms with Crippen molar-refractivity contribution in [3.63, 3.8) is 0 Å². The molecule has 0 fully saturated rings. The van der Waals surface area contributed by atoms with Gasteiger partial charge in [0, 0.05) is 0 Å². The first kappa shape index (κ1) is 15.2. The van der Waals surface area contributed by atoms with E-state index >= 15 is 0 Å². The Morgan fingerprint density at radius 3 is 2.62 bits per heavy atom. The molecule has 0 atom stereocenters. The maximum Gasteiger partial charge on any atom is 0.358 e. The normalized spacial score (nSPS) is 10.5. The van der Waals surface area contributed by atoms with Gasteiger partial charge in [-0.25, -0.2) is 19.2 Å². The molecule has 0 aliphatic heterocycles. The minimum Gasteiger partial charge on any atom is -0.464 e. The number of aromatic nitrogens is 2. The molecule has 110 valence electrons. The first-order valence-corrected chi connectivity index (χ1v) is 6.41. The van der Waals surface area contributed by atoms with E-state index in [1.165, 1.54) is 7.11 Å². The summed E-state index contributed by atoms with van der Waals surface area (Å²) in [5.74, 6) is -1.36. The number of benzene rings is 1. The molecule has 1 heterocycles. The van der Waals surface area contributed by atoms with Crippen LogP contribution in [0, 0.1) is 19.7 Å². The first-order valence-electron chi connectivity index (χ1n) is 6.03. The fourth-order valence-electron chi connectivity index (χ4n) is 1.93. The highest BCUT2D eigenvalue weighted by atomic mass is 35.5. The standard InChI is InChI=1S/C14H13ClFN3O2/c1-6-4-7(2)10(16)8(5-6)13-18-11(14(20)21-3)9(15)12(17)19-13/h4-5H,1-3H3,(H2,17,18,19). The second-order valence-electron chi connectivity index (χ2n) is 4.53. The number of anilines is 1. The molecule has 2 aromatic rings. The van der Waals surface area contributed by atoms with Crippen LogP contribution in [-0.4, -0.2) is 23.0 Å². The third-order valence-corrected chi connectivity index (χ3v) is 3.27. The summed E-state index contributed by atoms with van der Waals surface area (Å²) in [4.78, 5) is 19.6. The van der Waals surface area contributed by atoms with Crippen LogP contribution in [0.15, 0.2) is 12.1 Å². The van der Waals surface area contributed by atoms with Crippen LogP contribution in [0.5, 0.6) is 0 Å². The zero-order valence-electron chi connectivity index (χ0n) is 11.7. The number of carbonyl (C=O) groups is 1. The fourth-order valence-corrected chi connectivity index (χ4v) is 2.09. The number of ether oxygens (including phenoxy) is 1. The molecule has 0 amide bonds. The second kappa shape index (κ2) is 5.65. The number of esters is 1. The number of rotatable bonds is 2. The zero-order chi connectivity index (χ0) is 15.7. The van der Waals surface area contributed by atoms with Crippen LogP contribution in [0.25, 0.3) is 11.4 Å². The molecular formula is C14H13ClFN3O2. The zero-order valence-corrected chi connectivity index (χ0v) is 12.5. The molecule has 0 saturated heterocycles. The van der Waals surface area contributed by atoms with Crippen LogP contribution >= 0.6 is 11.6 Å². The van der Waals surface area contributed by atoms with Gasteiger partial charge in [0.25, 0.3) is 0 Å². The summed E-state index contributed by atoms with van der Waals surface area (Å²) in [5.41, 5.74) is 6.90. The lowest BCUT2D eigenvalue weighted by Crippen LogP contribution is -2.10. The van der Waals surface area contributed by atoms with E-state index in [4.69, 9.17) is 17.3 Å². The highest BCUT2D eigenvalue weighted by Gasteiger charge is 2.20. The highest BCUT2D eigenvalue weighted by Crippen LogP contribution is 2.28. The Bertz CT molecular complexity index is 735. The van der Waals surface area contributed by atoms with E-state index < -0.39 is 11.8 Å². The van der Waals surface area contributed by atoms with Crippen molar-refractivity contribution in [2.45, 2.75) is 13.8 Å². The van der Waals surface area contributed by atoms with E-state index in [0.29, 0.717) is 5.56 Å². The molecule has 0 bridgehead atoms. The van der Waals surface area contributed by atoms with E-state index in [2.05, 4.69) is 14.7 Å². The Kier molecular flexibility index (Phi) is 4.09. The van der Waals surface area contributed by atoms with E-state index in [-0.39, 0.29) is 27.9 Å². The quantitative estimate of drug-likeness (QED) is 0.863. The summed E-state index contributed by atoms with van der Waals surface area (Å²) in [6, 6.07) is 3.27. The van der Waals surface area contributed by atoms with Crippen LogP contribution in [0.3, 0.4) is 0 Å². The number of nitrogens with two attached hydrogens (primary N) is 1. The summed E-state index contributed by atoms with van der Waals surface area (Å²) in [6.07, 6.45) is 0. The summed E-state index contributed by atoms with van der Waals surface area (Å²) >= 11 is 5.88. The number of hydrogen-bond acceptors (Lipinski definition) is 5. The van der Waals surface area contributed by atoms with Gasteiger partial charge in [-0.15, -0.1) is 0 Å². The number of aryl methyl sites for hydroxylation is 2. The van der Waals surface area contributed by atoms with Gasteiger partial charge >= 0.3 is 5.97 Å². The molecule has 7 heteroatoms. The molecule has 0 saturated carbocycles. The number of hydrogen-bond donors (Lipinski definition) is 1.